The lowest BCUT2D eigenvalue weighted by atomic mass is 10.2. The van der Waals surface area contributed by atoms with Gasteiger partial charge in [0.05, 0.1) is 15.5 Å². The minimum atomic E-state index is -3.63. The summed E-state index contributed by atoms with van der Waals surface area (Å²) in [5, 5.41) is 3.00. The summed E-state index contributed by atoms with van der Waals surface area (Å²) in [4.78, 5) is 18.1. The molecule has 0 atom stereocenters. The van der Waals surface area contributed by atoms with E-state index in [0.717, 1.165) is 29.1 Å². The van der Waals surface area contributed by atoms with Gasteiger partial charge in [-0.25, -0.2) is 8.42 Å². The van der Waals surface area contributed by atoms with E-state index in [2.05, 4.69) is 10.3 Å². The van der Waals surface area contributed by atoms with Crippen LogP contribution in [0.4, 0.5) is 5.69 Å². The maximum Gasteiger partial charge on any atom is 0.257 e. The minimum absolute atomic E-state index is 0.0797. The van der Waals surface area contributed by atoms with Crippen molar-refractivity contribution in [3.8, 4) is 0 Å². The van der Waals surface area contributed by atoms with Gasteiger partial charge in [0, 0.05) is 41.8 Å². The third-order valence-corrected chi connectivity index (χ3v) is 8.43. The summed E-state index contributed by atoms with van der Waals surface area (Å²) in [5.41, 5.74) is 1.86. The number of carbonyl (C=O) groups excluding carboxylic acids is 1. The zero-order chi connectivity index (χ0) is 22.6. The highest BCUT2D eigenvalue weighted by Gasteiger charge is 2.28. The van der Waals surface area contributed by atoms with Crippen LogP contribution in [0.1, 0.15) is 28.8 Å². The van der Waals surface area contributed by atoms with Gasteiger partial charge >= 0.3 is 0 Å². The van der Waals surface area contributed by atoms with Crippen LogP contribution < -0.4 is 5.32 Å². The van der Waals surface area contributed by atoms with Crippen molar-refractivity contribution in [3.63, 3.8) is 0 Å². The highest BCUT2D eigenvalue weighted by Crippen LogP contribution is 2.27. The third-order valence-electron chi connectivity index (χ3n) is 5.13. The number of aromatic nitrogens is 1. The van der Waals surface area contributed by atoms with Gasteiger partial charge in [0.2, 0.25) is 10.0 Å². The van der Waals surface area contributed by atoms with Crippen molar-refractivity contribution in [1.29, 1.82) is 0 Å². The van der Waals surface area contributed by atoms with Crippen molar-refractivity contribution in [2.24, 2.45) is 0 Å². The lowest BCUT2D eigenvalue weighted by molar-refractivity contribution is 0.102. The smallest absolute Gasteiger partial charge is 0.257 e. The van der Waals surface area contributed by atoms with Crippen LogP contribution in [0.2, 0.25) is 5.02 Å². The number of amides is 1. The molecule has 2 aromatic carbocycles. The minimum Gasteiger partial charge on any atom is -0.322 e. The number of hydrogen-bond donors (Lipinski definition) is 1. The predicted octanol–water partition coefficient (Wildman–Crippen LogP) is 5.06. The van der Waals surface area contributed by atoms with E-state index in [4.69, 9.17) is 11.6 Å². The zero-order valence-corrected chi connectivity index (χ0v) is 19.6. The topological polar surface area (TPSA) is 79.4 Å². The fourth-order valence-electron chi connectivity index (χ4n) is 3.40. The molecule has 2 heterocycles. The first-order valence-corrected chi connectivity index (χ1v) is 13.0. The molecule has 1 fully saturated rings. The summed E-state index contributed by atoms with van der Waals surface area (Å²) in [6, 6.07) is 15.6. The Bertz CT molecular complexity index is 1200. The molecule has 0 bridgehead atoms. The molecule has 0 aliphatic carbocycles. The van der Waals surface area contributed by atoms with E-state index >= 15 is 0 Å². The van der Waals surface area contributed by atoms with Gasteiger partial charge in [-0.15, -0.1) is 11.8 Å². The summed E-state index contributed by atoms with van der Waals surface area (Å²) in [6.45, 7) is 0.995. The van der Waals surface area contributed by atoms with E-state index in [0.29, 0.717) is 18.8 Å². The summed E-state index contributed by atoms with van der Waals surface area (Å²) in [7, 11) is -3.63. The SMILES string of the molecule is O=C(Nc1ccc(SCc2cccnc2)cc1)c1cc(S(=O)(=O)N2CCCC2)ccc1Cl. The maximum absolute atomic E-state index is 12.8. The molecule has 1 aromatic heterocycles. The van der Waals surface area contributed by atoms with Crippen molar-refractivity contribution in [1.82, 2.24) is 9.29 Å². The number of halogens is 1. The van der Waals surface area contributed by atoms with Gasteiger partial charge in [0.1, 0.15) is 0 Å². The number of thioether (sulfide) groups is 1. The van der Waals surface area contributed by atoms with Crippen LogP contribution in [0.3, 0.4) is 0 Å². The Morgan fingerprint density at radius 3 is 2.53 bits per heavy atom. The molecule has 1 N–H and O–H groups in total. The number of anilines is 1. The first-order valence-electron chi connectivity index (χ1n) is 10.2. The standard InChI is InChI=1S/C23H22ClN3O3S2/c24-22-10-9-20(32(29,30)27-12-1-2-13-27)14-21(22)23(28)26-18-5-7-19(8-6-18)31-16-17-4-3-11-25-15-17/h3-11,14-15H,1-2,12-13,16H2,(H,26,28). The summed E-state index contributed by atoms with van der Waals surface area (Å²) in [5.74, 6) is 0.345. The summed E-state index contributed by atoms with van der Waals surface area (Å²) < 4.78 is 27.1. The molecule has 4 rings (SSSR count). The molecule has 1 amide bonds. The number of benzene rings is 2. The van der Waals surface area contributed by atoms with E-state index in [9.17, 15) is 13.2 Å². The summed E-state index contributed by atoms with van der Waals surface area (Å²) >= 11 is 7.89. The van der Waals surface area contributed by atoms with Crippen LogP contribution in [-0.4, -0.2) is 36.7 Å². The van der Waals surface area contributed by atoms with Crippen molar-refractivity contribution in [3.05, 3.63) is 83.1 Å². The molecule has 0 radical (unpaired) electrons. The molecule has 1 saturated heterocycles. The number of pyridine rings is 1. The van der Waals surface area contributed by atoms with Gasteiger partial charge in [-0.2, -0.15) is 4.31 Å². The van der Waals surface area contributed by atoms with E-state index in [-0.39, 0.29) is 15.5 Å². The van der Waals surface area contributed by atoms with Gasteiger partial charge in [-0.3, -0.25) is 9.78 Å². The van der Waals surface area contributed by atoms with Crippen LogP contribution in [-0.2, 0) is 15.8 Å². The van der Waals surface area contributed by atoms with Crippen molar-refractivity contribution >= 4 is 45.0 Å². The second-order valence-electron chi connectivity index (χ2n) is 7.38. The first-order chi connectivity index (χ1) is 15.4. The average Bonchev–Trinajstić information content (AvgIpc) is 3.35. The molecule has 32 heavy (non-hydrogen) atoms. The second kappa shape index (κ2) is 10.0. The van der Waals surface area contributed by atoms with Crippen molar-refractivity contribution < 1.29 is 13.2 Å². The van der Waals surface area contributed by atoms with E-state index in [1.807, 2.05) is 42.6 Å². The molecule has 0 saturated carbocycles. The van der Waals surface area contributed by atoms with Crippen LogP contribution in [0.5, 0.6) is 0 Å². The van der Waals surface area contributed by atoms with Gasteiger partial charge in [-0.05, 0) is 66.9 Å². The van der Waals surface area contributed by atoms with Crippen LogP contribution in [0.25, 0.3) is 0 Å². The lowest BCUT2D eigenvalue weighted by Gasteiger charge is -2.16. The molecule has 1 aliphatic rings. The normalized spacial score (nSPS) is 14.4. The van der Waals surface area contributed by atoms with Crippen molar-refractivity contribution in [2.45, 2.75) is 28.4 Å². The Morgan fingerprint density at radius 1 is 1.09 bits per heavy atom. The third kappa shape index (κ3) is 5.32. The number of hydrogen-bond acceptors (Lipinski definition) is 5. The molecule has 3 aromatic rings. The molecule has 166 valence electrons. The Kier molecular flexibility index (Phi) is 7.15. The predicted molar refractivity (Wildman–Crippen MR) is 128 cm³/mol. The highest BCUT2D eigenvalue weighted by atomic mass is 35.5. The molecular formula is C23H22ClN3O3S2. The monoisotopic (exact) mass is 487 g/mol. The molecule has 0 spiro atoms. The van der Waals surface area contributed by atoms with Gasteiger partial charge < -0.3 is 5.32 Å². The van der Waals surface area contributed by atoms with Crippen LogP contribution >= 0.6 is 23.4 Å². The number of nitrogens with zero attached hydrogens (tertiary/aromatic N) is 2. The Hall–Kier alpha value is -2.39. The van der Waals surface area contributed by atoms with E-state index in [1.165, 1.54) is 22.5 Å². The van der Waals surface area contributed by atoms with E-state index in [1.54, 1.807) is 18.0 Å². The molecule has 6 nitrogen and oxygen atoms in total. The number of carbonyl (C=O) groups is 1. The quantitative estimate of drug-likeness (QED) is 0.471. The highest BCUT2D eigenvalue weighted by molar-refractivity contribution is 7.98. The average molecular weight is 488 g/mol. The van der Waals surface area contributed by atoms with Crippen LogP contribution in [0.15, 0.2) is 76.8 Å². The summed E-state index contributed by atoms with van der Waals surface area (Å²) in [6.07, 6.45) is 5.27. The Labute approximate surface area is 197 Å². The molecule has 0 unspecified atom stereocenters. The van der Waals surface area contributed by atoms with Gasteiger partial charge in [0.25, 0.3) is 5.91 Å². The molecule has 9 heteroatoms. The fourth-order valence-corrected chi connectivity index (χ4v) is 5.98. The number of rotatable bonds is 7. The number of nitrogens with one attached hydrogen (secondary N) is 1. The van der Waals surface area contributed by atoms with Crippen LogP contribution in [0, 0.1) is 0 Å². The first kappa shape index (κ1) is 22.8. The number of sulfonamides is 1. The Balaban J connectivity index is 1.44. The lowest BCUT2D eigenvalue weighted by Crippen LogP contribution is -2.28. The van der Waals surface area contributed by atoms with Gasteiger partial charge in [0.15, 0.2) is 0 Å². The fraction of sp³-hybridized carbons (Fsp3) is 0.217. The van der Waals surface area contributed by atoms with E-state index < -0.39 is 15.9 Å². The zero-order valence-electron chi connectivity index (χ0n) is 17.2. The van der Waals surface area contributed by atoms with Crippen molar-refractivity contribution in [2.75, 3.05) is 18.4 Å². The second-order valence-corrected chi connectivity index (χ2v) is 10.8. The Morgan fingerprint density at radius 2 is 1.84 bits per heavy atom. The maximum atomic E-state index is 12.8. The van der Waals surface area contributed by atoms with Gasteiger partial charge in [-0.1, -0.05) is 17.7 Å². The molecule has 1 aliphatic heterocycles. The molecular weight excluding hydrogens is 466 g/mol. The largest absolute Gasteiger partial charge is 0.322 e.